The highest BCUT2D eigenvalue weighted by Gasteiger charge is 2.30. The van der Waals surface area contributed by atoms with Crippen LogP contribution in [-0.4, -0.2) is 24.6 Å². The molecule has 1 N–H and O–H groups in total. The predicted molar refractivity (Wildman–Crippen MR) is 71.5 cm³/mol. The molecule has 0 spiro atoms. The molecule has 0 saturated carbocycles. The molecular formula is C14H20ClNO. The Kier molecular flexibility index (Phi) is 4.43. The van der Waals surface area contributed by atoms with Gasteiger partial charge in [-0.05, 0) is 25.3 Å². The molecular weight excluding hydrogens is 234 g/mol. The fourth-order valence-corrected chi connectivity index (χ4v) is 2.48. The molecule has 1 fully saturated rings. The van der Waals surface area contributed by atoms with E-state index in [1.54, 1.807) is 0 Å². The molecule has 1 aromatic carbocycles. The van der Waals surface area contributed by atoms with Gasteiger partial charge in [0.1, 0.15) is 0 Å². The molecule has 0 radical (unpaired) electrons. The Labute approximate surface area is 108 Å². The van der Waals surface area contributed by atoms with Crippen molar-refractivity contribution >= 4 is 11.6 Å². The van der Waals surface area contributed by atoms with Gasteiger partial charge in [-0.1, -0.05) is 29.8 Å². The molecule has 3 heteroatoms. The van der Waals surface area contributed by atoms with Crippen molar-refractivity contribution in [2.24, 2.45) is 0 Å². The molecule has 0 aromatic heterocycles. The van der Waals surface area contributed by atoms with E-state index >= 15 is 0 Å². The van der Waals surface area contributed by atoms with Gasteiger partial charge in [0.2, 0.25) is 0 Å². The largest absolute Gasteiger partial charge is 0.381 e. The Balaban J connectivity index is 1.93. The van der Waals surface area contributed by atoms with Crippen molar-refractivity contribution < 1.29 is 4.74 Å². The van der Waals surface area contributed by atoms with Crippen LogP contribution in [-0.2, 0) is 11.3 Å². The number of aryl methyl sites for hydroxylation is 1. The average Bonchev–Trinajstić information content (AvgIpc) is 2.39. The van der Waals surface area contributed by atoms with E-state index in [2.05, 4.69) is 36.5 Å². The van der Waals surface area contributed by atoms with Crippen LogP contribution in [0, 0.1) is 6.92 Å². The van der Waals surface area contributed by atoms with Crippen LogP contribution in [0.25, 0.3) is 0 Å². The molecule has 0 bridgehead atoms. The Hall–Kier alpha value is -0.570. The van der Waals surface area contributed by atoms with Crippen LogP contribution >= 0.6 is 11.6 Å². The summed E-state index contributed by atoms with van der Waals surface area (Å²) >= 11 is 6.11. The molecule has 0 aliphatic carbocycles. The van der Waals surface area contributed by atoms with Crippen molar-refractivity contribution in [2.45, 2.75) is 31.8 Å². The van der Waals surface area contributed by atoms with Gasteiger partial charge in [0.15, 0.2) is 0 Å². The first-order chi connectivity index (χ1) is 8.24. The topological polar surface area (TPSA) is 21.3 Å². The number of nitrogens with one attached hydrogen (secondary N) is 1. The van der Waals surface area contributed by atoms with Gasteiger partial charge in [0.25, 0.3) is 0 Å². The second-order valence-corrected chi connectivity index (χ2v) is 5.13. The van der Waals surface area contributed by atoms with Crippen molar-refractivity contribution in [3.63, 3.8) is 0 Å². The predicted octanol–water partition coefficient (Wildman–Crippen LogP) is 2.87. The van der Waals surface area contributed by atoms with E-state index in [-0.39, 0.29) is 5.54 Å². The zero-order valence-electron chi connectivity index (χ0n) is 10.3. The standard InChI is InChI=1S/C14H20ClNO/c1-12-2-4-13(5-3-12)10-16-14(11-15)6-8-17-9-7-14/h2-5,16H,6-11H2,1H3. The Bertz CT molecular complexity index is 344. The monoisotopic (exact) mass is 253 g/mol. The van der Waals surface area contributed by atoms with Crippen molar-refractivity contribution in [3.05, 3.63) is 35.4 Å². The summed E-state index contributed by atoms with van der Waals surface area (Å²) in [7, 11) is 0. The summed E-state index contributed by atoms with van der Waals surface area (Å²) in [6.07, 6.45) is 2.00. The minimum atomic E-state index is 0.0602. The van der Waals surface area contributed by atoms with E-state index in [1.165, 1.54) is 11.1 Å². The molecule has 1 aliphatic heterocycles. The zero-order chi connectivity index (χ0) is 12.1. The van der Waals surface area contributed by atoms with Crippen LogP contribution in [0.1, 0.15) is 24.0 Å². The van der Waals surface area contributed by atoms with E-state index in [4.69, 9.17) is 16.3 Å². The highest BCUT2D eigenvalue weighted by molar-refractivity contribution is 6.18. The molecule has 1 aromatic rings. The van der Waals surface area contributed by atoms with Crippen LogP contribution < -0.4 is 5.32 Å². The Morgan fingerprint density at radius 2 is 1.88 bits per heavy atom. The second kappa shape index (κ2) is 5.85. The smallest absolute Gasteiger partial charge is 0.0484 e. The number of benzene rings is 1. The minimum Gasteiger partial charge on any atom is -0.381 e. The second-order valence-electron chi connectivity index (χ2n) is 4.87. The molecule has 2 rings (SSSR count). The Morgan fingerprint density at radius 3 is 2.47 bits per heavy atom. The fourth-order valence-electron chi connectivity index (χ4n) is 2.12. The molecule has 1 aliphatic rings. The molecule has 94 valence electrons. The quantitative estimate of drug-likeness (QED) is 0.834. The van der Waals surface area contributed by atoms with E-state index in [9.17, 15) is 0 Å². The van der Waals surface area contributed by atoms with Crippen LogP contribution in [0.5, 0.6) is 0 Å². The first-order valence-corrected chi connectivity index (χ1v) is 6.72. The third kappa shape index (κ3) is 3.44. The van der Waals surface area contributed by atoms with Gasteiger partial charge in [0, 0.05) is 31.2 Å². The number of ether oxygens (including phenoxy) is 1. The van der Waals surface area contributed by atoms with E-state index in [0.717, 1.165) is 32.6 Å². The van der Waals surface area contributed by atoms with Gasteiger partial charge < -0.3 is 10.1 Å². The summed E-state index contributed by atoms with van der Waals surface area (Å²) in [6, 6.07) is 8.63. The summed E-state index contributed by atoms with van der Waals surface area (Å²) in [4.78, 5) is 0. The molecule has 1 saturated heterocycles. The lowest BCUT2D eigenvalue weighted by molar-refractivity contribution is 0.0459. The number of hydrogen-bond donors (Lipinski definition) is 1. The average molecular weight is 254 g/mol. The lowest BCUT2D eigenvalue weighted by Gasteiger charge is -2.36. The van der Waals surface area contributed by atoms with Gasteiger partial charge in [0.05, 0.1) is 0 Å². The highest BCUT2D eigenvalue weighted by Crippen LogP contribution is 2.22. The van der Waals surface area contributed by atoms with Crippen LogP contribution in [0.3, 0.4) is 0 Å². The lowest BCUT2D eigenvalue weighted by atomic mass is 9.92. The van der Waals surface area contributed by atoms with Gasteiger partial charge in [-0.3, -0.25) is 0 Å². The number of rotatable bonds is 4. The zero-order valence-corrected chi connectivity index (χ0v) is 11.1. The highest BCUT2D eigenvalue weighted by atomic mass is 35.5. The van der Waals surface area contributed by atoms with Gasteiger partial charge in [-0.2, -0.15) is 0 Å². The molecule has 17 heavy (non-hydrogen) atoms. The van der Waals surface area contributed by atoms with Crippen molar-refractivity contribution in [2.75, 3.05) is 19.1 Å². The number of hydrogen-bond acceptors (Lipinski definition) is 2. The Morgan fingerprint density at radius 1 is 1.24 bits per heavy atom. The summed E-state index contributed by atoms with van der Waals surface area (Å²) in [6.45, 7) is 4.62. The summed E-state index contributed by atoms with van der Waals surface area (Å²) in [5.41, 5.74) is 2.67. The third-order valence-electron chi connectivity index (χ3n) is 3.49. The lowest BCUT2D eigenvalue weighted by Crippen LogP contribution is -2.50. The maximum absolute atomic E-state index is 6.11. The van der Waals surface area contributed by atoms with Crippen molar-refractivity contribution in [1.82, 2.24) is 5.32 Å². The minimum absolute atomic E-state index is 0.0602. The van der Waals surface area contributed by atoms with Crippen LogP contribution in [0.2, 0.25) is 0 Å². The van der Waals surface area contributed by atoms with Crippen molar-refractivity contribution in [3.8, 4) is 0 Å². The SMILES string of the molecule is Cc1ccc(CNC2(CCl)CCOCC2)cc1. The molecule has 0 unspecified atom stereocenters. The first-order valence-electron chi connectivity index (χ1n) is 6.18. The molecule has 0 amide bonds. The van der Waals surface area contributed by atoms with Gasteiger partial charge in [-0.25, -0.2) is 0 Å². The first kappa shape index (κ1) is 12.9. The summed E-state index contributed by atoms with van der Waals surface area (Å²) in [5, 5.41) is 3.61. The fraction of sp³-hybridized carbons (Fsp3) is 0.571. The number of alkyl halides is 1. The molecule has 2 nitrogen and oxygen atoms in total. The van der Waals surface area contributed by atoms with E-state index in [1.807, 2.05) is 0 Å². The van der Waals surface area contributed by atoms with Crippen LogP contribution in [0.15, 0.2) is 24.3 Å². The normalized spacial score (nSPS) is 19.2. The van der Waals surface area contributed by atoms with Crippen LogP contribution in [0.4, 0.5) is 0 Å². The maximum atomic E-state index is 6.11. The number of halogens is 1. The third-order valence-corrected chi connectivity index (χ3v) is 4.01. The molecule has 0 atom stereocenters. The van der Waals surface area contributed by atoms with Gasteiger partial charge >= 0.3 is 0 Å². The van der Waals surface area contributed by atoms with E-state index < -0.39 is 0 Å². The summed E-state index contributed by atoms with van der Waals surface area (Å²) in [5.74, 6) is 0.655. The molecule has 1 heterocycles. The van der Waals surface area contributed by atoms with Gasteiger partial charge in [-0.15, -0.1) is 11.6 Å². The summed E-state index contributed by atoms with van der Waals surface area (Å²) < 4.78 is 5.40. The maximum Gasteiger partial charge on any atom is 0.0484 e. The van der Waals surface area contributed by atoms with Crippen molar-refractivity contribution in [1.29, 1.82) is 0 Å². The van der Waals surface area contributed by atoms with E-state index in [0.29, 0.717) is 5.88 Å².